The van der Waals surface area contributed by atoms with Crippen LogP contribution in [0.3, 0.4) is 0 Å². The lowest BCUT2D eigenvalue weighted by atomic mass is 10.0. The molecule has 0 saturated heterocycles. The summed E-state index contributed by atoms with van der Waals surface area (Å²) in [6, 6.07) is 18.6. The zero-order valence-corrected chi connectivity index (χ0v) is 13.5. The highest BCUT2D eigenvalue weighted by atomic mass is 16.4. The van der Waals surface area contributed by atoms with Gasteiger partial charge in [-0.2, -0.15) is 4.68 Å². The number of aromatic nitrogens is 5. The standard InChI is InChI=1S/C18H13N5O3/c24-14(25)11-22-18(26)23-16(13-9-5-2-6-10-13)15(19-20-17(23)21-22)12-7-3-1-4-8-12/h1-10H,11H2,(H,24,25). The molecule has 1 N–H and O–H groups in total. The highest BCUT2D eigenvalue weighted by Gasteiger charge is 2.20. The van der Waals surface area contributed by atoms with Crippen LogP contribution in [0.2, 0.25) is 0 Å². The second-order valence-electron chi connectivity index (χ2n) is 5.60. The molecular weight excluding hydrogens is 334 g/mol. The summed E-state index contributed by atoms with van der Waals surface area (Å²) in [5, 5.41) is 21.3. The molecule has 4 rings (SSSR count). The third-order valence-corrected chi connectivity index (χ3v) is 3.89. The minimum Gasteiger partial charge on any atom is -0.480 e. The second kappa shape index (κ2) is 6.25. The van der Waals surface area contributed by atoms with Crippen LogP contribution in [0.25, 0.3) is 28.3 Å². The summed E-state index contributed by atoms with van der Waals surface area (Å²) in [6.07, 6.45) is 0. The largest absolute Gasteiger partial charge is 0.480 e. The summed E-state index contributed by atoms with van der Waals surface area (Å²) in [6.45, 7) is -0.545. The summed E-state index contributed by atoms with van der Waals surface area (Å²) < 4.78 is 2.17. The van der Waals surface area contributed by atoms with E-state index in [1.807, 2.05) is 60.7 Å². The van der Waals surface area contributed by atoms with Gasteiger partial charge in [-0.05, 0) is 0 Å². The number of hydrogen-bond acceptors (Lipinski definition) is 5. The Balaban J connectivity index is 2.08. The van der Waals surface area contributed by atoms with Gasteiger partial charge >= 0.3 is 11.7 Å². The van der Waals surface area contributed by atoms with Crippen molar-refractivity contribution >= 4 is 11.7 Å². The van der Waals surface area contributed by atoms with Gasteiger partial charge in [0, 0.05) is 11.1 Å². The van der Waals surface area contributed by atoms with Gasteiger partial charge in [0.25, 0.3) is 5.78 Å². The van der Waals surface area contributed by atoms with Crippen molar-refractivity contribution in [3.63, 3.8) is 0 Å². The topological polar surface area (TPSA) is 102 Å². The maximum atomic E-state index is 12.8. The van der Waals surface area contributed by atoms with Crippen LogP contribution in [0.4, 0.5) is 0 Å². The number of carboxylic acids is 1. The van der Waals surface area contributed by atoms with Crippen molar-refractivity contribution in [1.29, 1.82) is 0 Å². The van der Waals surface area contributed by atoms with Crippen LogP contribution < -0.4 is 5.69 Å². The smallest absolute Gasteiger partial charge is 0.352 e. The predicted octanol–water partition coefficient (Wildman–Crippen LogP) is 1.70. The van der Waals surface area contributed by atoms with Gasteiger partial charge in [-0.1, -0.05) is 60.7 Å². The number of rotatable bonds is 4. The molecule has 0 radical (unpaired) electrons. The zero-order valence-electron chi connectivity index (χ0n) is 13.5. The van der Waals surface area contributed by atoms with Crippen LogP contribution >= 0.6 is 0 Å². The Morgan fingerprint density at radius 2 is 1.54 bits per heavy atom. The van der Waals surface area contributed by atoms with Crippen molar-refractivity contribution in [3.05, 3.63) is 71.1 Å². The third kappa shape index (κ3) is 2.63. The normalized spacial score (nSPS) is 10.9. The van der Waals surface area contributed by atoms with E-state index in [2.05, 4.69) is 15.3 Å². The fourth-order valence-corrected chi connectivity index (χ4v) is 2.79. The van der Waals surface area contributed by atoms with Crippen LogP contribution in [-0.2, 0) is 11.3 Å². The molecule has 0 fully saturated rings. The number of hydrogen-bond donors (Lipinski definition) is 1. The second-order valence-corrected chi connectivity index (χ2v) is 5.60. The first-order chi connectivity index (χ1) is 12.6. The number of nitrogens with zero attached hydrogens (tertiary/aromatic N) is 5. The Bertz CT molecular complexity index is 1150. The molecule has 0 aliphatic heterocycles. The van der Waals surface area contributed by atoms with E-state index in [0.29, 0.717) is 11.4 Å². The molecular formula is C18H13N5O3. The molecule has 26 heavy (non-hydrogen) atoms. The molecule has 0 bridgehead atoms. The molecule has 0 atom stereocenters. The van der Waals surface area contributed by atoms with E-state index in [1.165, 1.54) is 4.40 Å². The summed E-state index contributed by atoms with van der Waals surface area (Å²) in [5.41, 5.74) is 2.00. The van der Waals surface area contributed by atoms with Gasteiger partial charge in [0.15, 0.2) is 0 Å². The highest BCUT2D eigenvalue weighted by Crippen LogP contribution is 2.29. The third-order valence-electron chi connectivity index (χ3n) is 3.89. The Morgan fingerprint density at radius 3 is 2.15 bits per heavy atom. The zero-order chi connectivity index (χ0) is 18.1. The van der Waals surface area contributed by atoms with E-state index in [1.54, 1.807) is 0 Å². The van der Waals surface area contributed by atoms with E-state index in [0.717, 1.165) is 15.8 Å². The SMILES string of the molecule is O=C(O)Cn1nc2nnc(-c3ccccc3)c(-c3ccccc3)n2c1=O. The first-order valence-corrected chi connectivity index (χ1v) is 7.84. The van der Waals surface area contributed by atoms with E-state index >= 15 is 0 Å². The van der Waals surface area contributed by atoms with E-state index in [4.69, 9.17) is 5.11 Å². The fourth-order valence-electron chi connectivity index (χ4n) is 2.79. The van der Waals surface area contributed by atoms with Gasteiger partial charge < -0.3 is 5.11 Å². The highest BCUT2D eigenvalue weighted by molar-refractivity contribution is 5.79. The Kier molecular flexibility index (Phi) is 3.77. The van der Waals surface area contributed by atoms with Gasteiger partial charge in [0.1, 0.15) is 12.2 Å². The first kappa shape index (κ1) is 15.7. The van der Waals surface area contributed by atoms with Crippen molar-refractivity contribution in [2.24, 2.45) is 0 Å². The molecule has 2 aromatic carbocycles. The van der Waals surface area contributed by atoms with Crippen LogP contribution in [-0.4, -0.2) is 35.5 Å². The molecule has 4 aromatic rings. The molecule has 0 aliphatic carbocycles. The van der Waals surface area contributed by atoms with E-state index in [9.17, 15) is 9.59 Å². The Labute approximate surface area is 147 Å². The summed E-state index contributed by atoms with van der Waals surface area (Å²) in [7, 11) is 0. The van der Waals surface area contributed by atoms with Crippen molar-refractivity contribution in [2.75, 3.05) is 0 Å². The summed E-state index contributed by atoms with van der Waals surface area (Å²) in [4.78, 5) is 23.8. The first-order valence-electron chi connectivity index (χ1n) is 7.84. The number of carbonyl (C=O) groups is 1. The molecule has 2 aromatic heterocycles. The van der Waals surface area contributed by atoms with Crippen LogP contribution in [0.5, 0.6) is 0 Å². The van der Waals surface area contributed by atoms with Crippen molar-refractivity contribution in [2.45, 2.75) is 6.54 Å². The molecule has 2 heterocycles. The summed E-state index contributed by atoms with van der Waals surface area (Å²) in [5.74, 6) is -1.11. The van der Waals surface area contributed by atoms with Crippen LogP contribution in [0.15, 0.2) is 65.5 Å². The van der Waals surface area contributed by atoms with Gasteiger partial charge in [-0.3, -0.25) is 4.79 Å². The lowest BCUT2D eigenvalue weighted by molar-refractivity contribution is -0.137. The average molecular weight is 347 g/mol. The quantitative estimate of drug-likeness (QED) is 0.603. The molecule has 0 aliphatic rings. The van der Waals surface area contributed by atoms with Crippen molar-refractivity contribution in [1.82, 2.24) is 24.4 Å². The molecule has 0 spiro atoms. The molecule has 0 saturated carbocycles. The van der Waals surface area contributed by atoms with Gasteiger partial charge in [-0.15, -0.1) is 15.3 Å². The van der Waals surface area contributed by atoms with E-state index < -0.39 is 18.2 Å². The molecule has 0 unspecified atom stereocenters. The van der Waals surface area contributed by atoms with Gasteiger partial charge in [-0.25, -0.2) is 9.20 Å². The monoisotopic (exact) mass is 347 g/mol. The molecule has 0 amide bonds. The fraction of sp³-hybridized carbons (Fsp3) is 0.0556. The minimum atomic E-state index is -1.16. The van der Waals surface area contributed by atoms with Crippen LogP contribution in [0, 0.1) is 0 Å². The lowest BCUT2D eigenvalue weighted by Crippen LogP contribution is -2.25. The van der Waals surface area contributed by atoms with Crippen LogP contribution in [0.1, 0.15) is 0 Å². The Hall–Kier alpha value is -3.81. The van der Waals surface area contributed by atoms with Gasteiger partial charge in [0.2, 0.25) is 0 Å². The number of aliphatic carboxylic acids is 1. The van der Waals surface area contributed by atoms with E-state index in [-0.39, 0.29) is 5.78 Å². The number of carboxylic acid groups (broad SMARTS) is 1. The average Bonchev–Trinajstić information content (AvgIpc) is 2.97. The molecule has 128 valence electrons. The maximum absolute atomic E-state index is 12.8. The summed E-state index contributed by atoms with van der Waals surface area (Å²) >= 11 is 0. The van der Waals surface area contributed by atoms with Gasteiger partial charge in [0.05, 0.1) is 5.69 Å². The maximum Gasteiger partial charge on any atom is 0.352 e. The lowest BCUT2D eigenvalue weighted by Gasteiger charge is -2.09. The minimum absolute atomic E-state index is 0.0507. The number of benzene rings is 2. The Morgan fingerprint density at radius 1 is 0.923 bits per heavy atom. The molecule has 8 heteroatoms. The number of fused-ring (bicyclic) bond motifs is 1. The van der Waals surface area contributed by atoms with Crippen molar-refractivity contribution in [3.8, 4) is 22.5 Å². The molecule has 8 nitrogen and oxygen atoms in total. The predicted molar refractivity (Wildman–Crippen MR) is 93.5 cm³/mol. The van der Waals surface area contributed by atoms with Crippen molar-refractivity contribution < 1.29 is 9.90 Å².